The Hall–Kier alpha value is -0.570. The molecular weight excluding hydrogens is 190 g/mol. The second kappa shape index (κ2) is 4.52. The number of nitrogens with one attached hydrogen (secondary N) is 1. The van der Waals surface area contributed by atoms with E-state index in [9.17, 15) is 4.79 Å². The van der Waals surface area contributed by atoms with Crippen molar-refractivity contribution in [1.29, 1.82) is 0 Å². The van der Waals surface area contributed by atoms with Crippen LogP contribution in [0.1, 0.15) is 51.4 Å². The van der Waals surface area contributed by atoms with Crippen molar-refractivity contribution in [2.45, 2.75) is 62.9 Å². The van der Waals surface area contributed by atoms with Gasteiger partial charge in [-0.05, 0) is 32.1 Å². The fourth-order valence-electron chi connectivity index (χ4n) is 2.77. The van der Waals surface area contributed by atoms with Crippen molar-refractivity contribution < 1.29 is 9.53 Å². The molecule has 2 fully saturated rings. The number of carbonyl (C=O) groups is 1. The predicted octanol–water partition coefficient (Wildman–Crippen LogP) is 2.00. The molecule has 86 valence electrons. The molecule has 0 unspecified atom stereocenters. The standard InChI is InChI=1S/C12H21NO2/c1-15-11(14)12(8-5-9-12)13-10-6-3-2-4-7-10/h10,13H,2-9H2,1H3. The third-order valence-electron chi connectivity index (χ3n) is 3.87. The summed E-state index contributed by atoms with van der Waals surface area (Å²) in [5, 5.41) is 3.54. The fourth-order valence-corrected chi connectivity index (χ4v) is 2.77. The lowest BCUT2D eigenvalue weighted by molar-refractivity contribution is -0.153. The van der Waals surface area contributed by atoms with Gasteiger partial charge in [0.1, 0.15) is 5.54 Å². The molecule has 0 amide bonds. The number of carbonyl (C=O) groups excluding carboxylic acids is 1. The summed E-state index contributed by atoms with van der Waals surface area (Å²) in [6, 6.07) is 0.540. The van der Waals surface area contributed by atoms with E-state index in [2.05, 4.69) is 5.32 Å². The van der Waals surface area contributed by atoms with Crippen LogP contribution in [-0.2, 0) is 9.53 Å². The maximum absolute atomic E-state index is 11.7. The Morgan fingerprint density at radius 1 is 1.20 bits per heavy atom. The molecule has 0 spiro atoms. The topological polar surface area (TPSA) is 38.3 Å². The van der Waals surface area contributed by atoms with E-state index >= 15 is 0 Å². The lowest BCUT2D eigenvalue weighted by Crippen LogP contribution is -2.61. The lowest BCUT2D eigenvalue weighted by atomic mass is 9.75. The van der Waals surface area contributed by atoms with Crippen LogP contribution in [0.2, 0.25) is 0 Å². The Morgan fingerprint density at radius 2 is 1.87 bits per heavy atom. The van der Waals surface area contributed by atoms with Gasteiger partial charge in [-0.25, -0.2) is 0 Å². The van der Waals surface area contributed by atoms with Crippen molar-refractivity contribution in [1.82, 2.24) is 5.32 Å². The van der Waals surface area contributed by atoms with Crippen LogP contribution < -0.4 is 5.32 Å². The van der Waals surface area contributed by atoms with Crippen molar-refractivity contribution in [3.8, 4) is 0 Å². The van der Waals surface area contributed by atoms with Crippen molar-refractivity contribution >= 4 is 5.97 Å². The summed E-state index contributed by atoms with van der Waals surface area (Å²) in [4.78, 5) is 11.7. The predicted molar refractivity (Wildman–Crippen MR) is 58.6 cm³/mol. The van der Waals surface area contributed by atoms with Gasteiger partial charge in [0.15, 0.2) is 0 Å². The summed E-state index contributed by atoms with van der Waals surface area (Å²) in [5.41, 5.74) is -0.323. The Kier molecular flexibility index (Phi) is 3.29. The fraction of sp³-hybridized carbons (Fsp3) is 0.917. The highest BCUT2D eigenvalue weighted by Crippen LogP contribution is 2.35. The molecule has 0 atom stereocenters. The number of esters is 1. The average molecular weight is 211 g/mol. The summed E-state index contributed by atoms with van der Waals surface area (Å²) in [5.74, 6) is -0.0562. The van der Waals surface area contributed by atoms with Gasteiger partial charge < -0.3 is 4.74 Å². The van der Waals surface area contributed by atoms with E-state index in [0.717, 1.165) is 19.3 Å². The van der Waals surface area contributed by atoms with Crippen molar-refractivity contribution in [3.63, 3.8) is 0 Å². The minimum absolute atomic E-state index is 0.0562. The second-order valence-electron chi connectivity index (χ2n) is 4.91. The molecule has 1 N–H and O–H groups in total. The first-order valence-electron chi connectivity index (χ1n) is 6.13. The average Bonchev–Trinajstić information content (AvgIpc) is 2.24. The van der Waals surface area contributed by atoms with Crippen LogP contribution in [0.3, 0.4) is 0 Å². The van der Waals surface area contributed by atoms with E-state index in [-0.39, 0.29) is 11.5 Å². The molecule has 0 aromatic heterocycles. The quantitative estimate of drug-likeness (QED) is 0.726. The largest absolute Gasteiger partial charge is 0.468 e. The molecule has 2 saturated carbocycles. The molecule has 0 saturated heterocycles. The highest BCUT2D eigenvalue weighted by Gasteiger charge is 2.46. The lowest BCUT2D eigenvalue weighted by Gasteiger charge is -2.43. The van der Waals surface area contributed by atoms with Crippen LogP contribution >= 0.6 is 0 Å². The van der Waals surface area contributed by atoms with Crippen molar-refractivity contribution in [3.05, 3.63) is 0 Å². The second-order valence-corrected chi connectivity index (χ2v) is 4.91. The van der Waals surface area contributed by atoms with E-state index < -0.39 is 0 Å². The van der Waals surface area contributed by atoms with E-state index in [1.807, 2.05) is 0 Å². The van der Waals surface area contributed by atoms with E-state index in [4.69, 9.17) is 4.74 Å². The molecule has 3 heteroatoms. The molecule has 2 rings (SSSR count). The van der Waals surface area contributed by atoms with Gasteiger partial charge in [0.25, 0.3) is 0 Å². The van der Waals surface area contributed by atoms with E-state index in [1.165, 1.54) is 39.2 Å². The number of rotatable bonds is 3. The summed E-state index contributed by atoms with van der Waals surface area (Å²) >= 11 is 0. The molecule has 0 aromatic rings. The van der Waals surface area contributed by atoms with E-state index in [1.54, 1.807) is 0 Å². The maximum atomic E-state index is 11.7. The number of ether oxygens (including phenoxy) is 1. The number of hydrogen-bond donors (Lipinski definition) is 1. The minimum atomic E-state index is -0.323. The maximum Gasteiger partial charge on any atom is 0.326 e. The normalized spacial score (nSPS) is 25.7. The first kappa shape index (κ1) is 10.9. The highest BCUT2D eigenvalue weighted by atomic mass is 16.5. The third-order valence-corrected chi connectivity index (χ3v) is 3.87. The highest BCUT2D eigenvalue weighted by molar-refractivity contribution is 5.81. The molecule has 0 aliphatic heterocycles. The Balaban J connectivity index is 1.92. The first-order valence-corrected chi connectivity index (χ1v) is 6.13. The molecular formula is C12H21NO2. The smallest absolute Gasteiger partial charge is 0.326 e. The zero-order chi connectivity index (χ0) is 10.7. The van der Waals surface area contributed by atoms with Crippen LogP contribution in [0.25, 0.3) is 0 Å². The molecule has 0 heterocycles. The molecule has 0 radical (unpaired) electrons. The zero-order valence-corrected chi connectivity index (χ0v) is 9.55. The molecule has 0 bridgehead atoms. The van der Waals surface area contributed by atoms with Gasteiger partial charge in [-0.2, -0.15) is 0 Å². The summed E-state index contributed by atoms with van der Waals surface area (Å²) in [7, 11) is 1.49. The van der Waals surface area contributed by atoms with Gasteiger partial charge in [-0.1, -0.05) is 19.3 Å². The van der Waals surface area contributed by atoms with Gasteiger partial charge >= 0.3 is 5.97 Å². The van der Waals surface area contributed by atoms with Crippen LogP contribution in [0.4, 0.5) is 0 Å². The zero-order valence-electron chi connectivity index (χ0n) is 9.55. The Bertz CT molecular complexity index is 230. The van der Waals surface area contributed by atoms with Crippen LogP contribution in [0.15, 0.2) is 0 Å². The van der Waals surface area contributed by atoms with Gasteiger partial charge in [0.2, 0.25) is 0 Å². The van der Waals surface area contributed by atoms with Crippen molar-refractivity contribution in [2.24, 2.45) is 0 Å². The summed E-state index contributed by atoms with van der Waals surface area (Å²) in [6.07, 6.45) is 9.45. The van der Waals surface area contributed by atoms with Crippen LogP contribution in [0, 0.1) is 0 Å². The minimum Gasteiger partial charge on any atom is -0.468 e. The van der Waals surface area contributed by atoms with Crippen LogP contribution in [-0.4, -0.2) is 24.7 Å². The van der Waals surface area contributed by atoms with Crippen molar-refractivity contribution in [2.75, 3.05) is 7.11 Å². The van der Waals surface area contributed by atoms with Gasteiger partial charge in [-0.15, -0.1) is 0 Å². The molecule has 2 aliphatic carbocycles. The molecule has 0 aromatic carbocycles. The summed E-state index contributed by atoms with van der Waals surface area (Å²) < 4.78 is 4.90. The van der Waals surface area contributed by atoms with Crippen LogP contribution in [0.5, 0.6) is 0 Å². The Labute approximate surface area is 91.6 Å². The Morgan fingerprint density at radius 3 is 2.33 bits per heavy atom. The monoisotopic (exact) mass is 211 g/mol. The SMILES string of the molecule is COC(=O)C1(NC2CCCCC2)CCC1. The third kappa shape index (κ3) is 2.17. The first-order chi connectivity index (χ1) is 7.27. The molecule has 15 heavy (non-hydrogen) atoms. The molecule has 2 aliphatic rings. The van der Waals surface area contributed by atoms with Gasteiger partial charge in [0, 0.05) is 6.04 Å². The van der Waals surface area contributed by atoms with Gasteiger partial charge in [0.05, 0.1) is 7.11 Å². The van der Waals surface area contributed by atoms with E-state index in [0.29, 0.717) is 6.04 Å². The number of hydrogen-bond acceptors (Lipinski definition) is 3. The summed E-state index contributed by atoms with van der Waals surface area (Å²) in [6.45, 7) is 0. The molecule has 3 nitrogen and oxygen atoms in total. The van der Waals surface area contributed by atoms with Gasteiger partial charge in [-0.3, -0.25) is 10.1 Å². The number of methoxy groups -OCH3 is 1.